The van der Waals surface area contributed by atoms with E-state index in [4.69, 9.17) is 4.74 Å². The SMILES string of the molecule is CC(=O)OCC(CSCC(C)SC(C)=O)SC(C)=O. The van der Waals surface area contributed by atoms with E-state index in [1.807, 2.05) is 6.92 Å². The second-order valence-corrected chi connectivity index (χ2v) is 8.16. The summed E-state index contributed by atoms with van der Waals surface area (Å²) in [4.78, 5) is 32.8. The van der Waals surface area contributed by atoms with E-state index in [1.165, 1.54) is 37.4 Å². The molecule has 0 aromatic rings. The van der Waals surface area contributed by atoms with Gasteiger partial charge in [0.15, 0.2) is 10.2 Å². The first-order valence-corrected chi connectivity index (χ1v) is 8.78. The van der Waals surface area contributed by atoms with Gasteiger partial charge < -0.3 is 4.74 Å². The zero-order chi connectivity index (χ0) is 14.8. The number of esters is 1. The van der Waals surface area contributed by atoms with E-state index in [0.717, 1.165) is 11.5 Å². The van der Waals surface area contributed by atoms with E-state index >= 15 is 0 Å². The monoisotopic (exact) mass is 324 g/mol. The number of ether oxygens (including phenoxy) is 1. The Morgan fingerprint density at radius 1 is 1.00 bits per heavy atom. The van der Waals surface area contributed by atoms with Gasteiger partial charge in [-0.05, 0) is 0 Å². The minimum Gasteiger partial charge on any atom is -0.465 e. The molecule has 0 amide bonds. The van der Waals surface area contributed by atoms with Crippen molar-refractivity contribution in [3.05, 3.63) is 0 Å². The smallest absolute Gasteiger partial charge is 0.302 e. The maximum absolute atomic E-state index is 11.1. The third kappa shape index (κ3) is 12.6. The Kier molecular flexibility index (Phi) is 10.5. The van der Waals surface area contributed by atoms with Crippen LogP contribution in [0.5, 0.6) is 0 Å². The first-order chi connectivity index (χ1) is 8.81. The van der Waals surface area contributed by atoms with Crippen LogP contribution in [0.1, 0.15) is 27.7 Å². The summed E-state index contributed by atoms with van der Waals surface area (Å²) in [5, 5.41) is 0.353. The topological polar surface area (TPSA) is 60.4 Å². The second kappa shape index (κ2) is 10.6. The van der Waals surface area contributed by atoms with Crippen LogP contribution in [-0.2, 0) is 19.1 Å². The average Bonchev–Trinajstić information content (AvgIpc) is 2.23. The molecule has 2 unspecified atom stereocenters. The zero-order valence-corrected chi connectivity index (χ0v) is 14.1. The minimum atomic E-state index is -0.334. The number of hydrogen-bond donors (Lipinski definition) is 0. The van der Waals surface area contributed by atoms with Crippen molar-refractivity contribution >= 4 is 51.5 Å². The summed E-state index contributed by atoms with van der Waals surface area (Å²) < 4.78 is 4.94. The quantitative estimate of drug-likeness (QED) is 0.636. The largest absolute Gasteiger partial charge is 0.465 e. The van der Waals surface area contributed by atoms with Crippen molar-refractivity contribution in [3.63, 3.8) is 0 Å². The van der Waals surface area contributed by atoms with Crippen LogP contribution >= 0.6 is 35.3 Å². The molecule has 2 atom stereocenters. The number of hydrogen-bond acceptors (Lipinski definition) is 7. The zero-order valence-electron chi connectivity index (χ0n) is 11.6. The fourth-order valence-corrected chi connectivity index (χ4v) is 4.36. The molecule has 0 saturated heterocycles. The average molecular weight is 324 g/mol. The van der Waals surface area contributed by atoms with Crippen LogP contribution in [-0.4, -0.2) is 44.8 Å². The van der Waals surface area contributed by atoms with Crippen molar-refractivity contribution in [3.8, 4) is 0 Å². The van der Waals surface area contributed by atoms with E-state index in [9.17, 15) is 14.4 Å². The molecular formula is C12H20O4S3. The predicted octanol–water partition coefficient (Wildman–Crippen LogP) is 2.60. The van der Waals surface area contributed by atoms with Gasteiger partial charge in [-0.1, -0.05) is 30.4 Å². The van der Waals surface area contributed by atoms with Crippen LogP contribution < -0.4 is 0 Å². The molecule has 0 N–H and O–H groups in total. The highest BCUT2D eigenvalue weighted by molar-refractivity contribution is 8.15. The molecule has 0 aromatic carbocycles. The highest BCUT2D eigenvalue weighted by Gasteiger charge is 2.15. The fraction of sp³-hybridized carbons (Fsp3) is 0.750. The van der Waals surface area contributed by atoms with Crippen molar-refractivity contribution in [2.24, 2.45) is 0 Å². The fourth-order valence-electron chi connectivity index (χ4n) is 1.24. The lowest BCUT2D eigenvalue weighted by molar-refractivity contribution is -0.140. The van der Waals surface area contributed by atoms with Crippen molar-refractivity contribution in [1.82, 2.24) is 0 Å². The van der Waals surface area contributed by atoms with Gasteiger partial charge in [0.2, 0.25) is 0 Å². The van der Waals surface area contributed by atoms with E-state index in [-0.39, 0.29) is 33.3 Å². The molecule has 7 heteroatoms. The van der Waals surface area contributed by atoms with Gasteiger partial charge >= 0.3 is 5.97 Å². The van der Waals surface area contributed by atoms with E-state index in [1.54, 1.807) is 18.7 Å². The molecule has 0 aliphatic heterocycles. The standard InChI is InChI=1S/C12H20O4S3/c1-8(18-10(3)14)6-17-7-12(19-11(4)15)5-16-9(2)13/h8,12H,5-7H2,1-4H3. The summed E-state index contributed by atoms with van der Waals surface area (Å²) >= 11 is 4.18. The van der Waals surface area contributed by atoms with Crippen molar-refractivity contribution < 1.29 is 19.1 Å². The maximum Gasteiger partial charge on any atom is 0.302 e. The molecule has 19 heavy (non-hydrogen) atoms. The van der Waals surface area contributed by atoms with Crippen molar-refractivity contribution in [2.45, 2.75) is 38.2 Å². The Bertz CT molecular complexity index is 320. The number of carbonyl (C=O) groups excluding carboxylic acids is 3. The molecule has 110 valence electrons. The van der Waals surface area contributed by atoms with Gasteiger partial charge in [0, 0.05) is 37.5 Å². The van der Waals surface area contributed by atoms with E-state index in [2.05, 4.69) is 0 Å². The Labute approximate surface area is 127 Å². The molecule has 0 spiro atoms. The Morgan fingerprint density at radius 3 is 2.05 bits per heavy atom. The summed E-state index contributed by atoms with van der Waals surface area (Å²) in [5.41, 5.74) is 0. The van der Waals surface area contributed by atoms with Crippen LogP contribution in [0.25, 0.3) is 0 Å². The highest BCUT2D eigenvalue weighted by atomic mass is 32.2. The predicted molar refractivity (Wildman–Crippen MR) is 83.8 cm³/mol. The van der Waals surface area contributed by atoms with Crippen LogP contribution in [0, 0.1) is 0 Å². The third-order valence-corrected chi connectivity index (χ3v) is 5.49. The molecule has 0 aliphatic carbocycles. The molecule has 0 aromatic heterocycles. The molecule has 0 heterocycles. The summed E-state index contributed by atoms with van der Waals surface area (Å²) in [6, 6.07) is 0. The normalized spacial score (nSPS) is 13.7. The van der Waals surface area contributed by atoms with Crippen LogP contribution in [0.2, 0.25) is 0 Å². The molecule has 0 fully saturated rings. The van der Waals surface area contributed by atoms with Gasteiger partial charge in [-0.2, -0.15) is 11.8 Å². The van der Waals surface area contributed by atoms with Gasteiger partial charge in [-0.25, -0.2) is 0 Å². The van der Waals surface area contributed by atoms with Gasteiger partial charge in [0.1, 0.15) is 6.61 Å². The third-order valence-electron chi connectivity index (χ3n) is 1.83. The summed E-state index contributed by atoms with van der Waals surface area (Å²) in [5.74, 6) is 1.22. The van der Waals surface area contributed by atoms with Crippen molar-refractivity contribution in [1.29, 1.82) is 0 Å². The Balaban J connectivity index is 4.00. The van der Waals surface area contributed by atoms with Gasteiger partial charge in [-0.15, -0.1) is 0 Å². The summed E-state index contributed by atoms with van der Waals surface area (Å²) in [6.07, 6.45) is 0. The van der Waals surface area contributed by atoms with Crippen LogP contribution in [0.3, 0.4) is 0 Å². The molecule has 0 aliphatic rings. The van der Waals surface area contributed by atoms with Crippen LogP contribution in [0.4, 0.5) is 0 Å². The lowest BCUT2D eigenvalue weighted by Crippen LogP contribution is -2.19. The number of rotatable bonds is 8. The second-order valence-electron chi connectivity index (χ2n) is 3.99. The first-order valence-electron chi connectivity index (χ1n) is 5.86. The number of carbonyl (C=O) groups is 3. The lowest BCUT2D eigenvalue weighted by Gasteiger charge is -2.15. The molecular weight excluding hydrogens is 304 g/mol. The summed E-state index contributed by atoms with van der Waals surface area (Å²) in [7, 11) is 0. The minimum absolute atomic E-state index is 0.0175. The lowest BCUT2D eigenvalue weighted by atomic mass is 10.5. The molecule has 0 rings (SSSR count). The first kappa shape index (κ1) is 18.9. The van der Waals surface area contributed by atoms with E-state index in [0.29, 0.717) is 0 Å². The molecule has 0 saturated carbocycles. The van der Waals surface area contributed by atoms with Gasteiger partial charge in [-0.3, -0.25) is 14.4 Å². The van der Waals surface area contributed by atoms with Gasteiger partial charge in [0.25, 0.3) is 0 Å². The highest BCUT2D eigenvalue weighted by Crippen LogP contribution is 2.22. The number of thioether (sulfide) groups is 3. The summed E-state index contributed by atoms with van der Waals surface area (Å²) in [6.45, 7) is 6.67. The Morgan fingerprint density at radius 2 is 1.58 bits per heavy atom. The maximum atomic E-state index is 11.1. The van der Waals surface area contributed by atoms with Gasteiger partial charge in [0.05, 0.1) is 5.25 Å². The van der Waals surface area contributed by atoms with Crippen LogP contribution in [0.15, 0.2) is 0 Å². The van der Waals surface area contributed by atoms with Crippen molar-refractivity contribution in [2.75, 3.05) is 18.1 Å². The Hall–Kier alpha value is -0.140. The molecule has 0 radical (unpaired) electrons. The molecule has 4 nitrogen and oxygen atoms in total. The van der Waals surface area contributed by atoms with E-state index < -0.39 is 0 Å². The molecule has 0 bridgehead atoms.